The lowest BCUT2D eigenvalue weighted by Crippen LogP contribution is -2.15. The van der Waals surface area contributed by atoms with Crippen LogP contribution in [0.1, 0.15) is 44.9 Å². The van der Waals surface area contributed by atoms with E-state index in [1.165, 1.54) is 11.1 Å². The summed E-state index contributed by atoms with van der Waals surface area (Å²) in [5.74, 6) is 0. The average molecular weight is 191 g/mol. The van der Waals surface area contributed by atoms with Crippen LogP contribution in [-0.4, -0.2) is 7.05 Å². The first-order valence-electron chi connectivity index (χ1n) is 5.23. The number of hydrogen-bond donors (Lipinski definition) is 1. The Kier molecular flexibility index (Phi) is 3.33. The standard InChI is InChI=1S/C13H21N/c1-10(14-5)11-7-6-8-12(9-11)13(2,3)4/h6-10,14H,1-5H3/t10-/m1/s1. The highest BCUT2D eigenvalue weighted by Crippen LogP contribution is 2.24. The maximum absolute atomic E-state index is 3.26. The van der Waals surface area contributed by atoms with E-state index in [1.807, 2.05) is 7.05 Å². The number of rotatable bonds is 2. The third-order valence-electron chi connectivity index (χ3n) is 2.69. The van der Waals surface area contributed by atoms with Crippen LogP contribution in [0.2, 0.25) is 0 Å². The van der Waals surface area contributed by atoms with Crippen LogP contribution < -0.4 is 5.32 Å². The molecule has 0 aliphatic carbocycles. The monoisotopic (exact) mass is 191 g/mol. The number of benzene rings is 1. The van der Waals surface area contributed by atoms with Crippen molar-refractivity contribution in [2.45, 2.75) is 39.2 Å². The van der Waals surface area contributed by atoms with Crippen LogP contribution in [0.3, 0.4) is 0 Å². The van der Waals surface area contributed by atoms with Gasteiger partial charge in [0.1, 0.15) is 0 Å². The molecule has 0 fully saturated rings. The molecule has 0 amide bonds. The van der Waals surface area contributed by atoms with Crippen molar-refractivity contribution in [3.05, 3.63) is 35.4 Å². The van der Waals surface area contributed by atoms with Gasteiger partial charge >= 0.3 is 0 Å². The summed E-state index contributed by atoms with van der Waals surface area (Å²) >= 11 is 0. The summed E-state index contributed by atoms with van der Waals surface area (Å²) in [5.41, 5.74) is 3.00. The van der Waals surface area contributed by atoms with Crippen LogP contribution in [-0.2, 0) is 5.41 Å². The quantitative estimate of drug-likeness (QED) is 0.756. The first-order chi connectivity index (χ1) is 6.45. The normalized spacial score (nSPS) is 14.1. The van der Waals surface area contributed by atoms with Gasteiger partial charge < -0.3 is 5.32 Å². The molecule has 1 N–H and O–H groups in total. The summed E-state index contributed by atoms with van der Waals surface area (Å²) in [6.45, 7) is 8.92. The molecule has 1 nitrogen and oxygen atoms in total. The fourth-order valence-electron chi connectivity index (χ4n) is 1.44. The molecule has 14 heavy (non-hydrogen) atoms. The van der Waals surface area contributed by atoms with Crippen LogP contribution >= 0.6 is 0 Å². The van der Waals surface area contributed by atoms with Crippen molar-refractivity contribution in [1.82, 2.24) is 5.32 Å². The van der Waals surface area contributed by atoms with Gasteiger partial charge in [-0.25, -0.2) is 0 Å². The zero-order valence-corrected chi connectivity index (χ0v) is 9.89. The SMILES string of the molecule is CN[C@H](C)c1cccc(C(C)(C)C)c1. The highest BCUT2D eigenvalue weighted by atomic mass is 14.8. The van der Waals surface area contributed by atoms with Crippen LogP contribution in [0.15, 0.2) is 24.3 Å². The van der Waals surface area contributed by atoms with E-state index in [0.29, 0.717) is 6.04 Å². The molecule has 78 valence electrons. The largest absolute Gasteiger partial charge is 0.313 e. The van der Waals surface area contributed by atoms with Crippen molar-refractivity contribution in [2.75, 3.05) is 7.05 Å². The van der Waals surface area contributed by atoms with E-state index in [4.69, 9.17) is 0 Å². The smallest absolute Gasteiger partial charge is 0.0289 e. The van der Waals surface area contributed by atoms with E-state index in [9.17, 15) is 0 Å². The Hall–Kier alpha value is -0.820. The second-order valence-corrected chi connectivity index (χ2v) is 4.89. The average Bonchev–Trinajstić information content (AvgIpc) is 2.15. The molecule has 0 saturated heterocycles. The first-order valence-corrected chi connectivity index (χ1v) is 5.23. The predicted molar refractivity (Wildman–Crippen MR) is 62.6 cm³/mol. The minimum atomic E-state index is 0.240. The minimum absolute atomic E-state index is 0.240. The molecule has 0 aromatic heterocycles. The van der Waals surface area contributed by atoms with Gasteiger partial charge in [-0.3, -0.25) is 0 Å². The summed E-state index contributed by atoms with van der Waals surface area (Å²) in [5, 5.41) is 3.26. The van der Waals surface area contributed by atoms with Crippen molar-refractivity contribution >= 4 is 0 Å². The molecule has 1 aromatic rings. The van der Waals surface area contributed by atoms with Crippen molar-refractivity contribution in [3.8, 4) is 0 Å². The van der Waals surface area contributed by atoms with Gasteiger partial charge in [0.25, 0.3) is 0 Å². The molecular weight excluding hydrogens is 170 g/mol. The van der Waals surface area contributed by atoms with Gasteiger partial charge in [0.05, 0.1) is 0 Å². The van der Waals surface area contributed by atoms with Gasteiger partial charge in [0.15, 0.2) is 0 Å². The predicted octanol–water partition coefficient (Wildman–Crippen LogP) is 3.26. The van der Waals surface area contributed by atoms with E-state index in [0.717, 1.165) is 0 Å². The molecule has 0 radical (unpaired) electrons. The van der Waals surface area contributed by atoms with Crippen LogP contribution in [0.5, 0.6) is 0 Å². The summed E-state index contributed by atoms with van der Waals surface area (Å²) < 4.78 is 0. The summed E-state index contributed by atoms with van der Waals surface area (Å²) in [6, 6.07) is 9.24. The molecule has 1 aromatic carbocycles. The lowest BCUT2D eigenvalue weighted by Gasteiger charge is -2.21. The Labute approximate surface area is 87.5 Å². The maximum atomic E-state index is 3.26. The van der Waals surface area contributed by atoms with Crippen LogP contribution in [0.4, 0.5) is 0 Å². The van der Waals surface area contributed by atoms with Gasteiger partial charge in [-0.2, -0.15) is 0 Å². The minimum Gasteiger partial charge on any atom is -0.313 e. The van der Waals surface area contributed by atoms with Crippen molar-refractivity contribution in [2.24, 2.45) is 0 Å². The van der Waals surface area contributed by atoms with Crippen LogP contribution in [0.25, 0.3) is 0 Å². The van der Waals surface area contributed by atoms with E-state index in [2.05, 4.69) is 57.3 Å². The van der Waals surface area contributed by atoms with Crippen molar-refractivity contribution in [1.29, 1.82) is 0 Å². The van der Waals surface area contributed by atoms with Crippen molar-refractivity contribution in [3.63, 3.8) is 0 Å². The third kappa shape index (κ3) is 2.58. The van der Waals surface area contributed by atoms with E-state index < -0.39 is 0 Å². The van der Waals surface area contributed by atoms with E-state index in [1.54, 1.807) is 0 Å². The summed E-state index contributed by atoms with van der Waals surface area (Å²) in [7, 11) is 1.99. The molecule has 0 saturated carbocycles. The molecule has 0 spiro atoms. The molecule has 0 bridgehead atoms. The Morgan fingerprint density at radius 1 is 1.21 bits per heavy atom. The lowest BCUT2D eigenvalue weighted by atomic mass is 9.85. The Balaban J connectivity index is 3.01. The molecule has 0 aliphatic heterocycles. The second-order valence-electron chi connectivity index (χ2n) is 4.89. The van der Waals surface area contributed by atoms with Gasteiger partial charge in [0, 0.05) is 6.04 Å². The zero-order chi connectivity index (χ0) is 10.8. The fourth-order valence-corrected chi connectivity index (χ4v) is 1.44. The molecule has 1 atom stereocenters. The lowest BCUT2D eigenvalue weighted by molar-refractivity contribution is 0.584. The Bertz CT molecular complexity index is 296. The zero-order valence-electron chi connectivity index (χ0n) is 9.89. The van der Waals surface area contributed by atoms with Gasteiger partial charge in [-0.05, 0) is 30.5 Å². The topological polar surface area (TPSA) is 12.0 Å². The molecular formula is C13H21N. The number of nitrogens with one attached hydrogen (secondary N) is 1. The van der Waals surface area contributed by atoms with Gasteiger partial charge in [-0.1, -0.05) is 45.0 Å². The molecule has 1 heteroatoms. The summed E-state index contributed by atoms with van der Waals surface area (Å²) in [6.07, 6.45) is 0. The summed E-state index contributed by atoms with van der Waals surface area (Å²) in [4.78, 5) is 0. The third-order valence-corrected chi connectivity index (χ3v) is 2.69. The highest BCUT2D eigenvalue weighted by molar-refractivity contribution is 5.30. The fraction of sp³-hybridized carbons (Fsp3) is 0.538. The van der Waals surface area contributed by atoms with Crippen LogP contribution in [0, 0.1) is 0 Å². The van der Waals surface area contributed by atoms with Crippen molar-refractivity contribution < 1.29 is 0 Å². The van der Waals surface area contributed by atoms with Gasteiger partial charge in [0.2, 0.25) is 0 Å². The molecule has 0 aliphatic rings. The van der Waals surface area contributed by atoms with Gasteiger partial charge in [-0.15, -0.1) is 0 Å². The number of hydrogen-bond acceptors (Lipinski definition) is 1. The first kappa shape index (κ1) is 11.3. The maximum Gasteiger partial charge on any atom is 0.0289 e. The van der Waals surface area contributed by atoms with E-state index in [-0.39, 0.29) is 5.41 Å². The highest BCUT2D eigenvalue weighted by Gasteiger charge is 2.14. The molecule has 0 heterocycles. The second kappa shape index (κ2) is 4.14. The Morgan fingerprint density at radius 2 is 1.86 bits per heavy atom. The molecule has 1 rings (SSSR count). The van der Waals surface area contributed by atoms with E-state index >= 15 is 0 Å². The Morgan fingerprint density at radius 3 is 2.36 bits per heavy atom. The molecule has 0 unspecified atom stereocenters.